The fourth-order valence-electron chi connectivity index (χ4n) is 0.796. The molecule has 0 aliphatic carbocycles. The maximum atomic E-state index is 5.19. The van der Waals surface area contributed by atoms with E-state index < -0.39 is 0 Å². The molecule has 1 rings (SSSR count). The summed E-state index contributed by atoms with van der Waals surface area (Å²) in [5, 5.41) is 0. The number of rotatable bonds is 0. The first kappa shape index (κ1) is 8.09. The Morgan fingerprint density at radius 1 is 1.60 bits per heavy atom. The first-order chi connectivity index (χ1) is 4.50. The molecular formula is C7H12NOSe. The van der Waals surface area contributed by atoms with Crippen molar-refractivity contribution in [2.45, 2.75) is 26.8 Å². The van der Waals surface area contributed by atoms with E-state index in [1.165, 1.54) is 0 Å². The van der Waals surface area contributed by atoms with Gasteiger partial charge in [-0.05, 0) is 0 Å². The molecule has 1 unspecified atom stereocenters. The molecule has 0 aromatic heterocycles. The Balaban J connectivity index is 2.61. The molecule has 1 aliphatic rings. The van der Waals surface area contributed by atoms with Gasteiger partial charge in [0.15, 0.2) is 0 Å². The van der Waals surface area contributed by atoms with Gasteiger partial charge in [-0.3, -0.25) is 0 Å². The van der Waals surface area contributed by atoms with Crippen molar-refractivity contribution < 1.29 is 4.74 Å². The number of hydrogen-bond acceptors (Lipinski definition) is 2. The third-order valence-corrected chi connectivity index (χ3v) is 2.09. The summed E-state index contributed by atoms with van der Waals surface area (Å²) in [6.07, 6.45) is 0. The summed E-state index contributed by atoms with van der Waals surface area (Å²) >= 11 is 2.77. The van der Waals surface area contributed by atoms with E-state index in [0.717, 1.165) is 6.61 Å². The minimum absolute atomic E-state index is 0.228. The fourth-order valence-corrected chi connectivity index (χ4v) is 1.21. The molecule has 0 amide bonds. The van der Waals surface area contributed by atoms with Gasteiger partial charge in [-0.25, -0.2) is 0 Å². The zero-order chi connectivity index (χ0) is 7.78. The predicted molar refractivity (Wildman–Crippen MR) is 42.4 cm³/mol. The van der Waals surface area contributed by atoms with E-state index in [1.807, 2.05) is 0 Å². The number of nitrogens with zero attached hydrogens (tertiary/aromatic N) is 1. The Morgan fingerprint density at radius 3 is 2.40 bits per heavy atom. The average molecular weight is 205 g/mol. The summed E-state index contributed by atoms with van der Waals surface area (Å²) < 4.78 is 5.19. The zero-order valence-corrected chi connectivity index (χ0v) is 8.26. The van der Waals surface area contributed by atoms with Crippen LogP contribution >= 0.6 is 0 Å². The van der Waals surface area contributed by atoms with Crippen molar-refractivity contribution in [3.05, 3.63) is 0 Å². The molecule has 0 saturated carbocycles. The van der Waals surface area contributed by atoms with Crippen molar-refractivity contribution in [3.8, 4) is 0 Å². The fraction of sp³-hybridized carbons (Fsp3) is 0.857. The first-order valence-corrected chi connectivity index (χ1v) is 4.23. The van der Waals surface area contributed by atoms with Crippen LogP contribution in [0.25, 0.3) is 0 Å². The van der Waals surface area contributed by atoms with E-state index in [2.05, 4.69) is 41.8 Å². The van der Waals surface area contributed by atoms with Crippen LogP contribution in [0.1, 0.15) is 20.8 Å². The molecule has 1 atom stereocenters. The van der Waals surface area contributed by atoms with E-state index in [1.54, 1.807) is 0 Å². The third kappa shape index (κ3) is 1.74. The summed E-state index contributed by atoms with van der Waals surface area (Å²) in [6, 6.07) is 0.323. The quantitative estimate of drug-likeness (QED) is 0.539. The molecule has 10 heavy (non-hydrogen) atoms. The number of hydrogen-bond donors (Lipinski definition) is 0. The molecule has 1 radical (unpaired) electrons. The Morgan fingerprint density at radius 2 is 2.20 bits per heavy atom. The van der Waals surface area contributed by atoms with E-state index in [9.17, 15) is 0 Å². The molecule has 0 saturated heterocycles. The molecule has 0 spiro atoms. The van der Waals surface area contributed by atoms with Crippen molar-refractivity contribution in [3.63, 3.8) is 0 Å². The first-order valence-electron chi connectivity index (χ1n) is 3.38. The van der Waals surface area contributed by atoms with Gasteiger partial charge in [0.2, 0.25) is 0 Å². The van der Waals surface area contributed by atoms with Gasteiger partial charge in [-0.1, -0.05) is 0 Å². The van der Waals surface area contributed by atoms with Crippen molar-refractivity contribution in [1.82, 2.24) is 0 Å². The third-order valence-electron chi connectivity index (χ3n) is 1.63. The average Bonchev–Trinajstić information content (AvgIpc) is 2.11. The monoisotopic (exact) mass is 206 g/mol. The normalized spacial score (nSPS) is 25.9. The van der Waals surface area contributed by atoms with E-state index in [4.69, 9.17) is 4.74 Å². The molecule has 0 fully saturated rings. The SMILES string of the molecule is CC(C)(C)C1COC([Se])=N1. The van der Waals surface area contributed by atoms with Crippen molar-refractivity contribution in [2.24, 2.45) is 10.4 Å². The second-order valence-electron chi connectivity index (χ2n) is 3.59. The molecule has 1 heterocycles. The topological polar surface area (TPSA) is 21.6 Å². The summed E-state index contributed by atoms with van der Waals surface area (Å²) in [5.74, 6) is 0. The van der Waals surface area contributed by atoms with Gasteiger partial charge in [0.25, 0.3) is 0 Å². The molecule has 57 valence electrons. The molecule has 0 N–H and O–H groups in total. The maximum absolute atomic E-state index is 5.19. The van der Waals surface area contributed by atoms with Crippen LogP contribution in [0.15, 0.2) is 4.99 Å². The van der Waals surface area contributed by atoms with Crippen molar-refractivity contribution in [1.29, 1.82) is 0 Å². The van der Waals surface area contributed by atoms with Crippen molar-refractivity contribution in [2.75, 3.05) is 6.61 Å². The molecule has 0 bridgehead atoms. The van der Waals surface area contributed by atoms with Crippen LogP contribution in [-0.2, 0) is 4.74 Å². The van der Waals surface area contributed by atoms with Crippen LogP contribution in [-0.4, -0.2) is 33.5 Å². The Kier molecular flexibility index (Phi) is 2.07. The summed E-state index contributed by atoms with van der Waals surface area (Å²) in [6.45, 7) is 7.24. The second kappa shape index (κ2) is 2.55. The zero-order valence-electron chi connectivity index (χ0n) is 6.55. The molecule has 3 heteroatoms. The van der Waals surface area contributed by atoms with E-state index in [-0.39, 0.29) is 5.41 Å². The van der Waals surface area contributed by atoms with E-state index in [0.29, 0.717) is 10.8 Å². The van der Waals surface area contributed by atoms with Gasteiger partial charge in [0.1, 0.15) is 0 Å². The number of ether oxygens (including phenoxy) is 1. The van der Waals surface area contributed by atoms with Gasteiger partial charge < -0.3 is 0 Å². The molecular weight excluding hydrogens is 193 g/mol. The Bertz CT molecular complexity index is 159. The summed E-state index contributed by atoms with van der Waals surface area (Å²) in [5.41, 5.74) is 0.228. The summed E-state index contributed by atoms with van der Waals surface area (Å²) in [7, 11) is 0. The molecule has 0 aromatic carbocycles. The van der Waals surface area contributed by atoms with Crippen molar-refractivity contribution >= 4 is 20.8 Å². The van der Waals surface area contributed by atoms with Gasteiger partial charge >= 0.3 is 69.4 Å². The van der Waals surface area contributed by atoms with Crippen LogP contribution in [0, 0.1) is 5.41 Å². The Labute approximate surface area is 69.9 Å². The molecule has 1 aliphatic heterocycles. The van der Waals surface area contributed by atoms with Crippen LogP contribution in [0.2, 0.25) is 0 Å². The van der Waals surface area contributed by atoms with E-state index >= 15 is 0 Å². The van der Waals surface area contributed by atoms with Crippen LogP contribution in [0.3, 0.4) is 0 Å². The van der Waals surface area contributed by atoms with Gasteiger partial charge in [0.05, 0.1) is 0 Å². The van der Waals surface area contributed by atoms with Crippen LogP contribution < -0.4 is 0 Å². The second-order valence-corrected chi connectivity index (χ2v) is 4.32. The van der Waals surface area contributed by atoms with Crippen LogP contribution in [0.4, 0.5) is 0 Å². The summed E-state index contributed by atoms with van der Waals surface area (Å²) in [4.78, 5) is 5.01. The van der Waals surface area contributed by atoms with Gasteiger partial charge in [0, 0.05) is 0 Å². The predicted octanol–water partition coefficient (Wildman–Crippen LogP) is 0.956. The molecule has 2 nitrogen and oxygen atoms in total. The standard InChI is InChI=1S/C7H12NOSe/c1-7(2,3)5-4-9-6(10)8-5/h5H,4H2,1-3H3. The minimum atomic E-state index is 0.228. The van der Waals surface area contributed by atoms with Gasteiger partial charge in [-0.15, -0.1) is 0 Å². The molecule has 0 aromatic rings. The Hall–Kier alpha value is -0.0105. The number of aliphatic imine (C=N–C) groups is 1. The van der Waals surface area contributed by atoms with Crippen LogP contribution in [0.5, 0.6) is 0 Å². The van der Waals surface area contributed by atoms with Gasteiger partial charge in [-0.2, -0.15) is 0 Å².